The Morgan fingerprint density at radius 2 is 1.85 bits per heavy atom. The largest absolute Gasteiger partial charge is 0.508 e. The van der Waals surface area contributed by atoms with Crippen molar-refractivity contribution in [1.82, 2.24) is 5.32 Å². The summed E-state index contributed by atoms with van der Waals surface area (Å²) < 4.78 is 5.28. The Kier molecular flexibility index (Phi) is 5.02. The maximum Gasteiger partial charge on any atom is 0.336 e. The van der Waals surface area contributed by atoms with Crippen LogP contribution in [0.4, 0.5) is 0 Å². The Balaban J connectivity index is 1.95. The highest BCUT2D eigenvalue weighted by Crippen LogP contribution is 2.30. The van der Waals surface area contributed by atoms with E-state index in [2.05, 4.69) is 5.32 Å². The normalized spacial score (nSPS) is 11.9. The summed E-state index contributed by atoms with van der Waals surface area (Å²) in [5.74, 6) is 0.0990. The molecular weight excluding hydrogens is 373 g/mol. The zero-order valence-electron chi connectivity index (χ0n) is 14.7. The van der Waals surface area contributed by atoms with E-state index in [0.717, 1.165) is 16.5 Å². The Hall–Kier alpha value is -2.01. The molecule has 0 fully saturated rings. The molecule has 0 saturated carbocycles. The second-order valence-electron chi connectivity index (χ2n) is 6.78. The number of benzene rings is 2. The molecule has 0 unspecified atom stereocenters. The van der Waals surface area contributed by atoms with Gasteiger partial charge in [0, 0.05) is 29.1 Å². The van der Waals surface area contributed by atoms with Gasteiger partial charge in [0.1, 0.15) is 11.3 Å². The lowest BCUT2D eigenvalue weighted by atomic mass is 9.93. The van der Waals surface area contributed by atoms with E-state index in [1.54, 1.807) is 25.1 Å². The van der Waals surface area contributed by atoms with Crippen molar-refractivity contribution in [2.45, 2.75) is 32.9 Å². The van der Waals surface area contributed by atoms with Gasteiger partial charge in [-0.1, -0.05) is 29.3 Å². The molecule has 26 heavy (non-hydrogen) atoms. The maximum atomic E-state index is 11.9. The van der Waals surface area contributed by atoms with Crippen molar-refractivity contribution < 1.29 is 9.52 Å². The Bertz CT molecular complexity index is 1040. The van der Waals surface area contributed by atoms with Crippen LogP contribution < -0.4 is 10.9 Å². The number of rotatable bonds is 4. The van der Waals surface area contributed by atoms with Gasteiger partial charge >= 0.3 is 5.63 Å². The summed E-state index contributed by atoms with van der Waals surface area (Å²) in [6, 6.07) is 10.3. The third-order valence-corrected chi connectivity index (χ3v) is 5.32. The molecule has 0 aliphatic rings. The Labute approximate surface area is 161 Å². The van der Waals surface area contributed by atoms with Crippen LogP contribution in [0.2, 0.25) is 10.0 Å². The van der Waals surface area contributed by atoms with E-state index in [1.165, 1.54) is 6.07 Å². The second kappa shape index (κ2) is 6.95. The van der Waals surface area contributed by atoms with E-state index in [0.29, 0.717) is 27.7 Å². The number of halogens is 2. The van der Waals surface area contributed by atoms with E-state index in [1.807, 2.05) is 26.0 Å². The summed E-state index contributed by atoms with van der Waals surface area (Å²) in [4.78, 5) is 11.9. The minimum absolute atomic E-state index is 0.0990. The fraction of sp³-hybridized carbons (Fsp3) is 0.250. The van der Waals surface area contributed by atoms with Crippen LogP contribution >= 0.6 is 23.2 Å². The predicted octanol–water partition coefficient (Wildman–Crippen LogP) is 5.14. The van der Waals surface area contributed by atoms with Gasteiger partial charge in [-0.05, 0) is 56.2 Å². The molecule has 0 bridgehead atoms. The summed E-state index contributed by atoms with van der Waals surface area (Å²) >= 11 is 12.1. The Morgan fingerprint density at radius 3 is 2.54 bits per heavy atom. The summed E-state index contributed by atoms with van der Waals surface area (Å²) in [7, 11) is 0. The van der Waals surface area contributed by atoms with Crippen molar-refractivity contribution in [3.8, 4) is 5.75 Å². The average molecular weight is 392 g/mol. The van der Waals surface area contributed by atoms with Crippen LogP contribution in [0.15, 0.2) is 45.6 Å². The highest BCUT2D eigenvalue weighted by molar-refractivity contribution is 6.42. The van der Waals surface area contributed by atoms with Crippen molar-refractivity contribution in [2.24, 2.45) is 0 Å². The average Bonchev–Trinajstić information content (AvgIpc) is 2.59. The maximum absolute atomic E-state index is 11.9. The zero-order valence-corrected chi connectivity index (χ0v) is 16.2. The quantitative estimate of drug-likeness (QED) is 0.604. The van der Waals surface area contributed by atoms with Gasteiger partial charge < -0.3 is 14.8 Å². The summed E-state index contributed by atoms with van der Waals surface area (Å²) in [5, 5.41) is 15.1. The lowest BCUT2D eigenvalue weighted by molar-refractivity contribution is 0.401. The molecule has 3 aromatic rings. The highest BCUT2D eigenvalue weighted by Gasteiger charge is 2.21. The van der Waals surface area contributed by atoms with Crippen LogP contribution in [-0.2, 0) is 12.1 Å². The van der Waals surface area contributed by atoms with Crippen LogP contribution in [-0.4, -0.2) is 5.11 Å². The first-order chi connectivity index (χ1) is 12.2. The van der Waals surface area contributed by atoms with Crippen molar-refractivity contribution in [1.29, 1.82) is 0 Å². The summed E-state index contributed by atoms with van der Waals surface area (Å²) in [6.07, 6.45) is 0. The number of aryl methyl sites for hydroxylation is 1. The molecule has 0 aliphatic heterocycles. The number of fused-ring (bicyclic) bond motifs is 1. The van der Waals surface area contributed by atoms with E-state index < -0.39 is 11.2 Å². The third kappa shape index (κ3) is 3.58. The van der Waals surface area contributed by atoms with E-state index >= 15 is 0 Å². The molecule has 0 radical (unpaired) electrons. The topological polar surface area (TPSA) is 62.5 Å². The van der Waals surface area contributed by atoms with Crippen LogP contribution in [0.1, 0.15) is 30.5 Å². The number of phenolic OH excluding ortho intramolecular Hbond substituents is 1. The standard InChI is InChI=1S/C20H19Cl2NO3/c1-11-17(24)7-5-14-12(8-18(25)26-19(11)14)10-23-20(2,3)13-4-6-15(21)16(22)9-13/h4-9,23-24H,10H2,1-3H3. The van der Waals surface area contributed by atoms with Crippen molar-refractivity contribution in [2.75, 3.05) is 0 Å². The lowest BCUT2D eigenvalue weighted by Crippen LogP contribution is -2.36. The van der Waals surface area contributed by atoms with Gasteiger partial charge in [0.25, 0.3) is 0 Å². The molecule has 0 aliphatic carbocycles. The second-order valence-corrected chi connectivity index (χ2v) is 7.60. The minimum atomic E-state index is -0.449. The molecule has 3 rings (SSSR count). The molecule has 2 aromatic carbocycles. The molecule has 0 saturated heterocycles. The van der Waals surface area contributed by atoms with Crippen LogP contribution in [0.25, 0.3) is 11.0 Å². The van der Waals surface area contributed by atoms with Gasteiger partial charge in [-0.3, -0.25) is 0 Å². The fourth-order valence-electron chi connectivity index (χ4n) is 2.87. The third-order valence-electron chi connectivity index (χ3n) is 4.58. The molecule has 1 aromatic heterocycles. The number of nitrogens with one attached hydrogen (secondary N) is 1. The first-order valence-electron chi connectivity index (χ1n) is 8.15. The first kappa shape index (κ1) is 18.8. The van der Waals surface area contributed by atoms with E-state index in [9.17, 15) is 9.90 Å². The smallest absolute Gasteiger partial charge is 0.336 e. The molecule has 1 heterocycles. The summed E-state index contributed by atoms with van der Waals surface area (Å²) in [6.45, 7) is 6.21. The molecule has 0 spiro atoms. The first-order valence-corrected chi connectivity index (χ1v) is 8.90. The van der Waals surface area contributed by atoms with E-state index in [4.69, 9.17) is 27.6 Å². The summed E-state index contributed by atoms with van der Waals surface area (Å²) in [5.41, 5.74) is 1.88. The van der Waals surface area contributed by atoms with Gasteiger partial charge in [0.2, 0.25) is 0 Å². The molecule has 4 nitrogen and oxygen atoms in total. The number of hydrogen-bond donors (Lipinski definition) is 2. The molecule has 0 amide bonds. The minimum Gasteiger partial charge on any atom is -0.508 e. The van der Waals surface area contributed by atoms with Crippen LogP contribution in [0.3, 0.4) is 0 Å². The molecule has 6 heteroatoms. The highest BCUT2D eigenvalue weighted by atomic mass is 35.5. The Morgan fingerprint density at radius 1 is 1.12 bits per heavy atom. The van der Waals surface area contributed by atoms with Crippen LogP contribution in [0.5, 0.6) is 5.75 Å². The van der Waals surface area contributed by atoms with E-state index in [-0.39, 0.29) is 5.75 Å². The van der Waals surface area contributed by atoms with Crippen molar-refractivity contribution in [3.63, 3.8) is 0 Å². The van der Waals surface area contributed by atoms with Crippen molar-refractivity contribution >= 4 is 34.2 Å². The number of hydrogen-bond acceptors (Lipinski definition) is 4. The van der Waals surface area contributed by atoms with Crippen molar-refractivity contribution in [3.05, 3.63) is 73.6 Å². The lowest BCUT2D eigenvalue weighted by Gasteiger charge is -2.28. The molecule has 2 N–H and O–H groups in total. The van der Waals surface area contributed by atoms with Crippen LogP contribution in [0, 0.1) is 6.92 Å². The fourth-order valence-corrected chi connectivity index (χ4v) is 3.16. The molecular formula is C20H19Cl2NO3. The SMILES string of the molecule is Cc1c(O)ccc2c(CNC(C)(C)c3ccc(Cl)c(Cl)c3)cc(=O)oc12. The number of phenols is 1. The van der Waals surface area contributed by atoms with Gasteiger partial charge in [-0.2, -0.15) is 0 Å². The predicted molar refractivity (Wildman–Crippen MR) is 105 cm³/mol. The van der Waals surface area contributed by atoms with Gasteiger partial charge in [-0.15, -0.1) is 0 Å². The van der Waals surface area contributed by atoms with Gasteiger partial charge in [0.15, 0.2) is 0 Å². The van der Waals surface area contributed by atoms with Gasteiger partial charge in [-0.25, -0.2) is 4.79 Å². The monoisotopic (exact) mass is 391 g/mol. The zero-order chi connectivity index (χ0) is 19.1. The number of aromatic hydroxyl groups is 1. The van der Waals surface area contributed by atoms with Gasteiger partial charge in [0.05, 0.1) is 10.0 Å². The molecule has 0 atom stereocenters. The molecule has 136 valence electrons.